The number of halogens is 1. The number of carboxylic acids is 1. The Hall–Kier alpha value is -1.82. The Morgan fingerprint density at radius 3 is 2.76 bits per heavy atom. The van der Waals surface area contributed by atoms with E-state index in [9.17, 15) is 14.9 Å². The minimum atomic E-state index is -1.18. The monoisotopic (exact) mass is 259 g/mol. The van der Waals surface area contributed by atoms with Gasteiger partial charge in [0.25, 0.3) is 5.69 Å². The predicted octanol–water partition coefficient (Wildman–Crippen LogP) is 1.97. The summed E-state index contributed by atoms with van der Waals surface area (Å²) in [6, 6.07) is 4.16. The highest BCUT2D eigenvalue weighted by atomic mass is 35.5. The van der Waals surface area contributed by atoms with E-state index in [1.807, 2.05) is 0 Å². The molecule has 1 unspecified atom stereocenters. The van der Waals surface area contributed by atoms with Crippen LogP contribution < -0.4 is 4.74 Å². The molecule has 0 radical (unpaired) electrons. The van der Waals surface area contributed by atoms with Crippen LogP contribution in [0.4, 0.5) is 5.69 Å². The quantitative estimate of drug-likeness (QED) is 0.496. The molecule has 0 spiro atoms. The van der Waals surface area contributed by atoms with Crippen molar-refractivity contribution in [2.45, 2.75) is 12.3 Å². The zero-order chi connectivity index (χ0) is 13.0. The van der Waals surface area contributed by atoms with Gasteiger partial charge in [-0.25, -0.2) is 0 Å². The van der Waals surface area contributed by atoms with Crippen molar-refractivity contribution in [3.63, 3.8) is 0 Å². The summed E-state index contributed by atoms with van der Waals surface area (Å²) in [5.74, 6) is -0.828. The first-order valence-corrected chi connectivity index (χ1v) is 5.10. The zero-order valence-corrected chi connectivity index (χ0v) is 9.68. The van der Waals surface area contributed by atoms with Gasteiger partial charge >= 0.3 is 5.97 Å². The van der Waals surface area contributed by atoms with Crippen LogP contribution >= 0.6 is 11.6 Å². The van der Waals surface area contributed by atoms with Crippen molar-refractivity contribution >= 4 is 23.3 Å². The molecule has 1 aromatic rings. The van der Waals surface area contributed by atoms with E-state index in [2.05, 4.69) is 0 Å². The number of benzene rings is 1. The Morgan fingerprint density at radius 1 is 1.65 bits per heavy atom. The van der Waals surface area contributed by atoms with Gasteiger partial charge in [0, 0.05) is 11.6 Å². The Bertz CT molecular complexity index is 448. The molecule has 92 valence electrons. The molecule has 0 amide bonds. The van der Waals surface area contributed by atoms with Crippen LogP contribution in [0, 0.1) is 17.0 Å². The Labute approximate surface area is 102 Å². The molecule has 1 aromatic carbocycles. The number of hydrogen-bond donors (Lipinski definition) is 1. The van der Waals surface area contributed by atoms with Crippen LogP contribution in [-0.2, 0) is 4.79 Å². The number of aryl methyl sites for hydroxylation is 1. The van der Waals surface area contributed by atoms with E-state index in [4.69, 9.17) is 21.4 Å². The first-order valence-electron chi connectivity index (χ1n) is 4.66. The summed E-state index contributed by atoms with van der Waals surface area (Å²) in [4.78, 5) is 20.5. The van der Waals surface area contributed by atoms with Gasteiger partial charge in [0.15, 0.2) is 5.38 Å². The lowest BCUT2D eigenvalue weighted by atomic mass is 10.2. The summed E-state index contributed by atoms with van der Waals surface area (Å²) in [5, 5.41) is 17.9. The number of nitrogens with zero attached hydrogens (tertiary/aromatic N) is 1. The van der Waals surface area contributed by atoms with Crippen LogP contribution in [0.2, 0.25) is 0 Å². The molecule has 0 aliphatic rings. The molecule has 0 aliphatic carbocycles. The maximum atomic E-state index is 10.6. The van der Waals surface area contributed by atoms with E-state index >= 15 is 0 Å². The lowest BCUT2D eigenvalue weighted by Gasteiger charge is -2.08. The molecule has 0 aliphatic heterocycles. The van der Waals surface area contributed by atoms with E-state index < -0.39 is 16.3 Å². The fourth-order valence-corrected chi connectivity index (χ4v) is 1.23. The zero-order valence-electron chi connectivity index (χ0n) is 8.92. The van der Waals surface area contributed by atoms with Crippen LogP contribution in [-0.4, -0.2) is 28.0 Å². The van der Waals surface area contributed by atoms with Gasteiger partial charge in [-0.15, -0.1) is 11.6 Å². The molecule has 1 rings (SSSR count). The third-order valence-corrected chi connectivity index (χ3v) is 2.34. The number of nitro benzene ring substituents is 1. The lowest BCUT2D eigenvalue weighted by molar-refractivity contribution is -0.385. The smallest absolute Gasteiger partial charge is 0.325 e. The Kier molecular flexibility index (Phi) is 4.28. The summed E-state index contributed by atoms with van der Waals surface area (Å²) in [6.45, 7) is 1.37. The normalized spacial score (nSPS) is 11.9. The second-order valence-electron chi connectivity index (χ2n) is 3.32. The van der Waals surface area contributed by atoms with E-state index in [1.165, 1.54) is 18.2 Å². The van der Waals surface area contributed by atoms with Gasteiger partial charge in [-0.1, -0.05) is 0 Å². The van der Waals surface area contributed by atoms with E-state index in [0.29, 0.717) is 11.3 Å². The Balaban J connectivity index is 2.71. The van der Waals surface area contributed by atoms with Crippen molar-refractivity contribution in [2.75, 3.05) is 6.61 Å². The standard InChI is InChI=1S/C10H10ClNO5/c1-6-4-7(2-3-9(6)12(15)16)17-5-8(11)10(13)14/h2-4,8H,5H2,1H3,(H,13,14). The van der Waals surface area contributed by atoms with Crippen molar-refractivity contribution in [1.82, 2.24) is 0 Å². The minimum absolute atomic E-state index is 0.0157. The number of nitro groups is 1. The molecule has 1 atom stereocenters. The molecule has 6 nitrogen and oxygen atoms in total. The van der Waals surface area contributed by atoms with Crippen molar-refractivity contribution in [1.29, 1.82) is 0 Å². The van der Waals surface area contributed by atoms with Crippen LogP contribution in [0.3, 0.4) is 0 Å². The molecule has 1 N–H and O–H groups in total. The van der Waals surface area contributed by atoms with Crippen molar-refractivity contribution in [3.05, 3.63) is 33.9 Å². The predicted molar refractivity (Wildman–Crippen MR) is 60.6 cm³/mol. The summed E-state index contributed by atoms with van der Waals surface area (Å²) in [6.07, 6.45) is 0. The number of hydrogen-bond acceptors (Lipinski definition) is 4. The lowest BCUT2D eigenvalue weighted by Crippen LogP contribution is -2.21. The molecule has 0 fully saturated rings. The maximum absolute atomic E-state index is 10.6. The highest BCUT2D eigenvalue weighted by Gasteiger charge is 2.15. The molecule has 0 saturated carbocycles. The number of carbonyl (C=O) groups is 1. The van der Waals surface area contributed by atoms with E-state index in [1.54, 1.807) is 6.92 Å². The number of alkyl halides is 1. The molecule has 0 heterocycles. The summed E-state index contributed by atoms with van der Waals surface area (Å²) in [5.41, 5.74) is 0.423. The van der Waals surface area contributed by atoms with Crippen molar-refractivity contribution in [2.24, 2.45) is 0 Å². The molecule has 17 heavy (non-hydrogen) atoms. The summed E-state index contributed by atoms with van der Waals surface area (Å²) >= 11 is 5.45. The van der Waals surface area contributed by atoms with Gasteiger partial charge in [-0.2, -0.15) is 0 Å². The number of carboxylic acid groups (broad SMARTS) is 1. The Morgan fingerprint density at radius 2 is 2.29 bits per heavy atom. The molecular weight excluding hydrogens is 250 g/mol. The van der Waals surface area contributed by atoms with Crippen LogP contribution in [0.1, 0.15) is 5.56 Å². The topological polar surface area (TPSA) is 89.7 Å². The van der Waals surface area contributed by atoms with Crippen LogP contribution in [0.25, 0.3) is 0 Å². The summed E-state index contributed by atoms with van der Waals surface area (Å²) < 4.78 is 5.11. The number of aliphatic carboxylic acids is 1. The third kappa shape index (κ3) is 3.60. The van der Waals surface area contributed by atoms with E-state index in [-0.39, 0.29) is 12.3 Å². The molecular formula is C10H10ClNO5. The minimum Gasteiger partial charge on any atom is -0.491 e. The fourth-order valence-electron chi connectivity index (χ4n) is 1.16. The van der Waals surface area contributed by atoms with Gasteiger partial charge in [0.2, 0.25) is 0 Å². The van der Waals surface area contributed by atoms with Crippen molar-refractivity contribution in [3.8, 4) is 5.75 Å². The molecule has 0 saturated heterocycles. The fraction of sp³-hybridized carbons (Fsp3) is 0.300. The molecule has 0 aromatic heterocycles. The average Bonchev–Trinajstić information content (AvgIpc) is 2.25. The second kappa shape index (κ2) is 5.49. The SMILES string of the molecule is Cc1cc(OCC(Cl)C(=O)O)ccc1[N+](=O)[O-]. The number of rotatable bonds is 5. The first-order chi connectivity index (χ1) is 7.91. The van der Waals surface area contributed by atoms with Crippen molar-refractivity contribution < 1.29 is 19.6 Å². The second-order valence-corrected chi connectivity index (χ2v) is 3.85. The number of ether oxygens (including phenoxy) is 1. The maximum Gasteiger partial charge on any atom is 0.325 e. The molecule has 7 heteroatoms. The van der Waals surface area contributed by atoms with Gasteiger partial charge in [-0.3, -0.25) is 14.9 Å². The summed E-state index contributed by atoms with van der Waals surface area (Å²) in [7, 11) is 0. The van der Waals surface area contributed by atoms with Gasteiger partial charge in [0.05, 0.1) is 4.92 Å². The molecule has 0 bridgehead atoms. The van der Waals surface area contributed by atoms with Crippen LogP contribution in [0.15, 0.2) is 18.2 Å². The van der Waals surface area contributed by atoms with Gasteiger partial charge in [0.1, 0.15) is 12.4 Å². The largest absolute Gasteiger partial charge is 0.491 e. The average molecular weight is 260 g/mol. The van der Waals surface area contributed by atoms with Crippen LogP contribution in [0.5, 0.6) is 5.75 Å². The third-order valence-electron chi connectivity index (χ3n) is 2.03. The highest BCUT2D eigenvalue weighted by molar-refractivity contribution is 6.29. The van der Waals surface area contributed by atoms with Gasteiger partial charge < -0.3 is 9.84 Å². The van der Waals surface area contributed by atoms with Gasteiger partial charge in [-0.05, 0) is 19.1 Å². The first kappa shape index (κ1) is 13.2. The highest BCUT2D eigenvalue weighted by Crippen LogP contribution is 2.23. The van der Waals surface area contributed by atoms with E-state index in [0.717, 1.165) is 0 Å².